The quantitative estimate of drug-likeness (QED) is 0.774. The normalized spacial score (nSPS) is 22.0. The van der Waals surface area contributed by atoms with Gasteiger partial charge in [-0.3, -0.25) is 9.78 Å². The zero-order valence-corrected chi connectivity index (χ0v) is 14.4. The van der Waals surface area contributed by atoms with Crippen LogP contribution < -0.4 is 5.32 Å². The maximum Gasteiger partial charge on any atom is 0.271 e. The summed E-state index contributed by atoms with van der Waals surface area (Å²) in [5, 5.41) is 3.11. The lowest BCUT2D eigenvalue weighted by Crippen LogP contribution is -2.50. The fourth-order valence-electron chi connectivity index (χ4n) is 2.94. The van der Waals surface area contributed by atoms with Crippen LogP contribution in [0.3, 0.4) is 0 Å². The summed E-state index contributed by atoms with van der Waals surface area (Å²) >= 11 is 0. The number of nitrogens with zero attached hydrogens (tertiary/aromatic N) is 3. The van der Waals surface area contributed by atoms with E-state index >= 15 is 0 Å². The summed E-state index contributed by atoms with van der Waals surface area (Å²) in [7, 11) is 0. The predicted octanol–water partition coefficient (Wildman–Crippen LogP) is 1.65. The van der Waals surface area contributed by atoms with Crippen molar-refractivity contribution in [3.05, 3.63) is 23.8 Å². The van der Waals surface area contributed by atoms with Gasteiger partial charge in [0.2, 0.25) is 0 Å². The van der Waals surface area contributed by atoms with Crippen molar-refractivity contribution < 1.29 is 9.53 Å². The van der Waals surface area contributed by atoms with E-state index in [1.54, 1.807) is 6.20 Å². The van der Waals surface area contributed by atoms with Crippen molar-refractivity contribution in [2.75, 3.05) is 32.8 Å². The number of piperidine rings is 1. The van der Waals surface area contributed by atoms with Gasteiger partial charge in [-0.1, -0.05) is 6.92 Å². The zero-order chi connectivity index (χ0) is 16.7. The second-order valence-corrected chi connectivity index (χ2v) is 6.24. The maximum atomic E-state index is 12.3. The number of likely N-dealkylation sites (tertiary alicyclic amines) is 1. The molecule has 0 aromatic carbocycles. The average Bonchev–Trinajstić information content (AvgIpc) is 2.54. The molecule has 1 amide bonds. The summed E-state index contributed by atoms with van der Waals surface area (Å²) in [4.78, 5) is 23.0. The van der Waals surface area contributed by atoms with Gasteiger partial charge in [0.15, 0.2) is 0 Å². The van der Waals surface area contributed by atoms with Gasteiger partial charge < -0.3 is 15.0 Å². The monoisotopic (exact) mass is 320 g/mol. The minimum absolute atomic E-state index is 0.126. The first-order valence-corrected chi connectivity index (χ1v) is 8.49. The lowest BCUT2D eigenvalue weighted by Gasteiger charge is -2.37. The molecule has 0 bridgehead atoms. The number of hydrogen-bond donors (Lipinski definition) is 1. The van der Waals surface area contributed by atoms with Crippen molar-refractivity contribution in [2.45, 2.75) is 39.7 Å². The Hall–Kier alpha value is -1.53. The molecule has 1 aliphatic heterocycles. The largest absolute Gasteiger partial charge is 0.382 e. The molecule has 0 saturated carbocycles. The highest BCUT2D eigenvalue weighted by Gasteiger charge is 2.27. The van der Waals surface area contributed by atoms with Gasteiger partial charge >= 0.3 is 0 Å². The van der Waals surface area contributed by atoms with E-state index < -0.39 is 0 Å². The molecule has 0 aliphatic carbocycles. The summed E-state index contributed by atoms with van der Waals surface area (Å²) in [5.41, 5.74) is 1.21. The molecule has 1 N–H and O–H groups in total. The highest BCUT2D eigenvalue weighted by Crippen LogP contribution is 2.17. The summed E-state index contributed by atoms with van der Waals surface area (Å²) in [5.74, 6) is 0.303. The van der Waals surface area contributed by atoms with Crippen LogP contribution in [0.15, 0.2) is 12.4 Å². The van der Waals surface area contributed by atoms with E-state index in [4.69, 9.17) is 4.74 Å². The van der Waals surface area contributed by atoms with E-state index in [1.807, 2.05) is 13.8 Å². The van der Waals surface area contributed by atoms with Crippen LogP contribution in [0.1, 0.15) is 42.9 Å². The standard InChI is InChI=1S/C17H28N4O2/c1-4-23-9-5-7-21-8-6-15(13(2)12-21)20-17(22)16-11-18-14(3)10-19-16/h10-11,13,15H,4-9,12H2,1-3H3,(H,20,22). The van der Waals surface area contributed by atoms with Gasteiger partial charge in [0.05, 0.1) is 11.9 Å². The molecular formula is C17H28N4O2. The number of ether oxygens (including phenoxy) is 1. The summed E-state index contributed by atoms with van der Waals surface area (Å²) in [6, 6.07) is 0.203. The van der Waals surface area contributed by atoms with Gasteiger partial charge in [0.25, 0.3) is 5.91 Å². The van der Waals surface area contributed by atoms with Crippen LogP contribution in [0.2, 0.25) is 0 Å². The van der Waals surface area contributed by atoms with Crippen LogP contribution >= 0.6 is 0 Å². The molecule has 6 nitrogen and oxygen atoms in total. The van der Waals surface area contributed by atoms with Gasteiger partial charge in [-0.15, -0.1) is 0 Å². The van der Waals surface area contributed by atoms with Crippen molar-refractivity contribution in [1.82, 2.24) is 20.2 Å². The summed E-state index contributed by atoms with van der Waals surface area (Å²) in [6.07, 6.45) is 5.20. The first-order valence-electron chi connectivity index (χ1n) is 8.49. The Bertz CT molecular complexity index is 492. The Morgan fingerprint density at radius 1 is 1.43 bits per heavy atom. The lowest BCUT2D eigenvalue weighted by molar-refractivity contribution is 0.0838. The van der Waals surface area contributed by atoms with Crippen LogP contribution in [0.25, 0.3) is 0 Å². The number of rotatable bonds is 7. The van der Waals surface area contributed by atoms with Crippen LogP contribution in [0.5, 0.6) is 0 Å². The number of carbonyl (C=O) groups excluding carboxylic acids is 1. The molecule has 1 aliphatic rings. The van der Waals surface area contributed by atoms with Gasteiger partial charge in [-0.2, -0.15) is 0 Å². The van der Waals surface area contributed by atoms with Crippen molar-refractivity contribution in [2.24, 2.45) is 5.92 Å². The lowest BCUT2D eigenvalue weighted by atomic mass is 9.93. The van der Waals surface area contributed by atoms with Gasteiger partial charge in [-0.25, -0.2) is 4.98 Å². The Kier molecular flexibility index (Phi) is 6.92. The van der Waals surface area contributed by atoms with Crippen LogP contribution in [-0.2, 0) is 4.74 Å². The third-order valence-electron chi connectivity index (χ3n) is 4.29. The van der Waals surface area contributed by atoms with Gasteiger partial charge in [-0.05, 0) is 32.6 Å². The molecule has 1 aromatic heterocycles. The van der Waals surface area contributed by atoms with Crippen molar-refractivity contribution in [3.8, 4) is 0 Å². The number of amides is 1. The minimum atomic E-state index is -0.126. The number of nitrogens with one attached hydrogen (secondary N) is 1. The first-order chi connectivity index (χ1) is 11.1. The fourth-order valence-corrected chi connectivity index (χ4v) is 2.94. The third kappa shape index (κ3) is 5.55. The molecular weight excluding hydrogens is 292 g/mol. The third-order valence-corrected chi connectivity index (χ3v) is 4.29. The van der Waals surface area contributed by atoms with Crippen LogP contribution in [0.4, 0.5) is 0 Å². The van der Waals surface area contributed by atoms with Crippen LogP contribution in [-0.4, -0.2) is 59.7 Å². The second-order valence-electron chi connectivity index (χ2n) is 6.24. The van der Waals surface area contributed by atoms with E-state index in [0.717, 1.165) is 51.4 Å². The Balaban J connectivity index is 1.77. The smallest absolute Gasteiger partial charge is 0.271 e. The van der Waals surface area contributed by atoms with Crippen molar-refractivity contribution in [3.63, 3.8) is 0 Å². The average molecular weight is 320 g/mol. The number of aryl methyl sites for hydroxylation is 1. The topological polar surface area (TPSA) is 67.3 Å². The van der Waals surface area contributed by atoms with E-state index in [9.17, 15) is 4.79 Å². The first kappa shape index (κ1) is 17.8. The predicted molar refractivity (Wildman–Crippen MR) is 89.4 cm³/mol. The molecule has 128 valence electrons. The SMILES string of the molecule is CCOCCCN1CCC(NC(=O)c2cnc(C)cn2)C(C)C1. The molecule has 23 heavy (non-hydrogen) atoms. The van der Waals surface area contributed by atoms with Gasteiger partial charge in [0, 0.05) is 45.1 Å². The van der Waals surface area contributed by atoms with E-state index in [1.165, 1.54) is 6.20 Å². The molecule has 2 rings (SSSR count). The van der Waals surface area contributed by atoms with Crippen molar-refractivity contribution >= 4 is 5.91 Å². The van der Waals surface area contributed by atoms with E-state index in [2.05, 4.69) is 27.1 Å². The molecule has 6 heteroatoms. The fraction of sp³-hybridized carbons (Fsp3) is 0.706. The molecule has 1 aromatic rings. The number of carbonyl (C=O) groups is 1. The molecule has 2 atom stereocenters. The maximum absolute atomic E-state index is 12.3. The minimum Gasteiger partial charge on any atom is -0.382 e. The molecule has 2 unspecified atom stereocenters. The van der Waals surface area contributed by atoms with Gasteiger partial charge in [0.1, 0.15) is 5.69 Å². The molecule has 1 fully saturated rings. The summed E-state index contributed by atoms with van der Waals surface area (Å²) < 4.78 is 5.39. The summed E-state index contributed by atoms with van der Waals surface area (Å²) in [6.45, 7) is 10.8. The highest BCUT2D eigenvalue weighted by atomic mass is 16.5. The Morgan fingerprint density at radius 3 is 2.91 bits per heavy atom. The molecule has 0 radical (unpaired) electrons. The molecule has 0 spiro atoms. The van der Waals surface area contributed by atoms with E-state index in [0.29, 0.717) is 11.6 Å². The molecule has 2 heterocycles. The van der Waals surface area contributed by atoms with E-state index in [-0.39, 0.29) is 11.9 Å². The second kappa shape index (κ2) is 8.93. The van der Waals surface area contributed by atoms with Crippen LogP contribution in [0, 0.1) is 12.8 Å². The zero-order valence-electron chi connectivity index (χ0n) is 14.4. The molecule has 1 saturated heterocycles. The Morgan fingerprint density at radius 2 is 2.26 bits per heavy atom. The highest BCUT2D eigenvalue weighted by molar-refractivity contribution is 5.92. The Labute approximate surface area is 138 Å². The number of aromatic nitrogens is 2. The number of hydrogen-bond acceptors (Lipinski definition) is 5. The van der Waals surface area contributed by atoms with Crippen molar-refractivity contribution in [1.29, 1.82) is 0 Å².